The van der Waals surface area contributed by atoms with E-state index in [1.165, 1.54) is 0 Å². The first-order chi connectivity index (χ1) is 16.2. The minimum atomic E-state index is -0.418. The van der Waals surface area contributed by atoms with Gasteiger partial charge in [0.2, 0.25) is 0 Å². The molecule has 0 saturated heterocycles. The number of anilines is 1. The van der Waals surface area contributed by atoms with Gasteiger partial charge < -0.3 is 10.6 Å². The van der Waals surface area contributed by atoms with Crippen molar-refractivity contribution in [3.8, 4) is 0 Å². The number of fused-ring (bicyclic) bond motifs is 1. The van der Waals surface area contributed by atoms with Crippen molar-refractivity contribution in [2.75, 3.05) is 11.9 Å². The summed E-state index contributed by atoms with van der Waals surface area (Å²) >= 11 is 0. The molecular weight excluding hydrogens is 428 g/mol. The zero-order valence-electron chi connectivity index (χ0n) is 19.8. The van der Waals surface area contributed by atoms with Crippen LogP contribution in [0.25, 0.3) is 11.0 Å². The lowest BCUT2D eigenvalue weighted by Crippen LogP contribution is -2.28. The lowest BCUT2D eigenvalue weighted by molar-refractivity contribution is 0.0948. The highest BCUT2D eigenvalue weighted by Gasteiger charge is 2.25. The molecule has 0 aliphatic carbocycles. The van der Waals surface area contributed by atoms with Gasteiger partial charge in [-0.1, -0.05) is 23.8 Å². The maximum absolute atomic E-state index is 13.0. The van der Waals surface area contributed by atoms with Crippen molar-refractivity contribution in [2.24, 2.45) is 0 Å². The average molecular weight is 457 g/mol. The number of benzene rings is 1. The summed E-state index contributed by atoms with van der Waals surface area (Å²) in [4.78, 5) is 34.3. The van der Waals surface area contributed by atoms with Gasteiger partial charge in [0.1, 0.15) is 5.82 Å². The highest BCUT2D eigenvalue weighted by Crippen LogP contribution is 2.25. The first kappa shape index (κ1) is 23.1. The normalized spacial score (nSPS) is 11.4. The Labute approximate surface area is 198 Å². The van der Waals surface area contributed by atoms with E-state index in [9.17, 15) is 9.59 Å². The molecule has 34 heavy (non-hydrogen) atoms. The maximum atomic E-state index is 13.0. The zero-order chi connectivity index (χ0) is 24.3. The average Bonchev–Trinajstić information content (AvgIpc) is 3.20. The van der Waals surface area contributed by atoms with Gasteiger partial charge in [0.15, 0.2) is 11.3 Å². The largest absolute Gasteiger partial charge is 0.350 e. The van der Waals surface area contributed by atoms with Crippen LogP contribution in [-0.2, 0) is 12.0 Å². The Morgan fingerprint density at radius 2 is 1.76 bits per heavy atom. The molecule has 0 saturated carbocycles. The highest BCUT2D eigenvalue weighted by molar-refractivity contribution is 6.06. The van der Waals surface area contributed by atoms with Crippen LogP contribution >= 0.6 is 0 Å². The monoisotopic (exact) mass is 456 g/mol. The van der Waals surface area contributed by atoms with Crippen molar-refractivity contribution in [3.63, 3.8) is 0 Å². The predicted octanol–water partition coefficient (Wildman–Crippen LogP) is 4.11. The summed E-state index contributed by atoms with van der Waals surface area (Å²) in [6.07, 6.45) is 4.18. The van der Waals surface area contributed by atoms with Gasteiger partial charge in [-0.05, 0) is 70.0 Å². The van der Waals surface area contributed by atoms with E-state index in [1.54, 1.807) is 41.3 Å². The Balaban J connectivity index is 1.58. The van der Waals surface area contributed by atoms with Crippen LogP contribution in [0.5, 0.6) is 0 Å². The Morgan fingerprint density at radius 1 is 1.00 bits per heavy atom. The van der Waals surface area contributed by atoms with E-state index in [4.69, 9.17) is 0 Å². The molecule has 0 aliphatic heterocycles. The number of carbonyl (C=O) groups excluding carboxylic acids is 2. The highest BCUT2D eigenvalue weighted by atomic mass is 16.2. The summed E-state index contributed by atoms with van der Waals surface area (Å²) < 4.78 is 1.72. The van der Waals surface area contributed by atoms with Gasteiger partial charge >= 0.3 is 0 Å². The zero-order valence-corrected chi connectivity index (χ0v) is 19.8. The van der Waals surface area contributed by atoms with Crippen LogP contribution in [-0.4, -0.2) is 38.1 Å². The van der Waals surface area contributed by atoms with E-state index in [2.05, 4.69) is 25.7 Å². The number of rotatable bonds is 6. The summed E-state index contributed by atoms with van der Waals surface area (Å²) in [5.41, 5.74) is 3.09. The van der Waals surface area contributed by atoms with Crippen LogP contribution in [0.15, 0.2) is 60.9 Å². The second-order valence-corrected chi connectivity index (χ2v) is 9.19. The van der Waals surface area contributed by atoms with E-state index < -0.39 is 5.54 Å². The summed E-state index contributed by atoms with van der Waals surface area (Å²) in [5.74, 6) is -0.121. The van der Waals surface area contributed by atoms with Crippen LogP contribution in [0.3, 0.4) is 0 Å². The number of carbonyl (C=O) groups is 2. The van der Waals surface area contributed by atoms with Gasteiger partial charge in [0.25, 0.3) is 11.8 Å². The van der Waals surface area contributed by atoms with Crippen LogP contribution in [0.4, 0.5) is 5.82 Å². The van der Waals surface area contributed by atoms with Crippen molar-refractivity contribution < 1.29 is 9.59 Å². The molecule has 2 N–H and O–H groups in total. The first-order valence-corrected chi connectivity index (χ1v) is 11.2. The molecule has 0 fully saturated rings. The van der Waals surface area contributed by atoms with E-state index in [-0.39, 0.29) is 11.8 Å². The third-order valence-electron chi connectivity index (χ3n) is 5.36. The number of nitrogens with zero attached hydrogens (tertiary/aromatic N) is 4. The van der Waals surface area contributed by atoms with Gasteiger partial charge in [-0.25, -0.2) is 9.67 Å². The number of aryl methyl sites for hydroxylation is 1. The molecule has 0 spiro atoms. The van der Waals surface area contributed by atoms with Crippen molar-refractivity contribution in [3.05, 3.63) is 83.3 Å². The lowest BCUT2D eigenvalue weighted by Gasteiger charge is -2.20. The Morgan fingerprint density at radius 3 is 2.44 bits per heavy atom. The summed E-state index contributed by atoms with van der Waals surface area (Å²) in [6, 6.07) is 14.6. The minimum Gasteiger partial charge on any atom is -0.350 e. The second kappa shape index (κ2) is 9.43. The molecule has 0 aliphatic rings. The van der Waals surface area contributed by atoms with Crippen molar-refractivity contribution in [2.45, 2.75) is 39.7 Å². The molecule has 8 heteroatoms. The van der Waals surface area contributed by atoms with E-state index in [1.807, 2.05) is 52.0 Å². The van der Waals surface area contributed by atoms with Crippen LogP contribution < -0.4 is 10.6 Å². The lowest BCUT2D eigenvalue weighted by atomic mass is 10.1. The fourth-order valence-corrected chi connectivity index (χ4v) is 3.54. The van der Waals surface area contributed by atoms with Gasteiger partial charge in [0.05, 0.1) is 10.9 Å². The third kappa shape index (κ3) is 5.11. The fraction of sp³-hybridized carbons (Fsp3) is 0.269. The Kier molecular flexibility index (Phi) is 6.40. The standard InChI is InChI=1S/C26H28N6O2/c1-17-7-9-19(10-8-17)24(33)30-21-12-11-20-22(31-32(23(20)29-21)26(2,3)4)25(34)28-15-13-18-6-5-14-27-16-18/h5-12,14,16H,13,15H2,1-4H3,(H,28,34)(H,29,30,33). The second-order valence-electron chi connectivity index (χ2n) is 9.19. The maximum Gasteiger partial charge on any atom is 0.272 e. The minimum absolute atomic E-state index is 0.248. The number of pyridine rings is 2. The van der Waals surface area contributed by atoms with E-state index in [0.29, 0.717) is 41.1 Å². The Hall–Kier alpha value is -4.07. The molecule has 3 heterocycles. The smallest absolute Gasteiger partial charge is 0.272 e. The number of hydrogen-bond acceptors (Lipinski definition) is 5. The van der Waals surface area contributed by atoms with Gasteiger partial charge in [-0.3, -0.25) is 14.6 Å². The van der Waals surface area contributed by atoms with Crippen molar-refractivity contribution in [1.29, 1.82) is 0 Å². The van der Waals surface area contributed by atoms with Crippen molar-refractivity contribution >= 4 is 28.7 Å². The summed E-state index contributed by atoms with van der Waals surface area (Å²) in [7, 11) is 0. The summed E-state index contributed by atoms with van der Waals surface area (Å²) in [5, 5.41) is 11.0. The predicted molar refractivity (Wildman–Crippen MR) is 132 cm³/mol. The van der Waals surface area contributed by atoms with E-state index >= 15 is 0 Å². The number of nitrogens with one attached hydrogen (secondary N) is 2. The fourth-order valence-electron chi connectivity index (χ4n) is 3.54. The molecule has 1 aromatic carbocycles. The van der Waals surface area contributed by atoms with Crippen LogP contribution in [0.1, 0.15) is 52.7 Å². The van der Waals surface area contributed by atoms with Gasteiger partial charge in [-0.15, -0.1) is 0 Å². The molecule has 4 rings (SSSR count). The molecule has 3 aromatic heterocycles. The number of hydrogen-bond donors (Lipinski definition) is 2. The van der Waals surface area contributed by atoms with Gasteiger partial charge in [-0.2, -0.15) is 5.10 Å². The molecule has 174 valence electrons. The SMILES string of the molecule is Cc1ccc(C(=O)Nc2ccc3c(C(=O)NCCc4cccnc4)nn(C(C)(C)C)c3n2)cc1. The van der Waals surface area contributed by atoms with Crippen LogP contribution in [0, 0.1) is 6.92 Å². The molecular formula is C26H28N6O2. The number of aromatic nitrogens is 4. The van der Waals surface area contributed by atoms with Gasteiger partial charge in [0, 0.05) is 24.5 Å². The molecule has 0 bridgehead atoms. The molecule has 2 amide bonds. The molecule has 8 nitrogen and oxygen atoms in total. The molecule has 0 radical (unpaired) electrons. The quantitative estimate of drug-likeness (QED) is 0.455. The summed E-state index contributed by atoms with van der Waals surface area (Å²) in [6.45, 7) is 8.40. The van der Waals surface area contributed by atoms with Crippen molar-refractivity contribution in [1.82, 2.24) is 25.1 Å². The first-order valence-electron chi connectivity index (χ1n) is 11.2. The van der Waals surface area contributed by atoms with Crippen LogP contribution in [0.2, 0.25) is 0 Å². The number of amides is 2. The topological polar surface area (TPSA) is 102 Å². The molecule has 4 aromatic rings. The Bertz CT molecular complexity index is 1320. The molecule has 0 atom stereocenters. The third-order valence-corrected chi connectivity index (χ3v) is 5.36. The molecule has 0 unspecified atom stereocenters. The van der Waals surface area contributed by atoms with E-state index in [0.717, 1.165) is 11.1 Å².